The van der Waals surface area contributed by atoms with E-state index < -0.39 is 11.7 Å². The zero-order chi connectivity index (χ0) is 16.7. The average Bonchev–Trinajstić information content (AvgIpc) is 2.54. The molecule has 0 saturated heterocycles. The summed E-state index contributed by atoms with van der Waals surface area (Å²) in [6, 6.07) is 7.92. The second-order valence-corrected chi connectivity index (χ2v) is 4.68. The predicted molar refractivity (Wildman–Crippen MR) is 80.5 cm³/mol. The lowest BCUT2D eigenvalue weighted by Gasteiger charge is -2.06. The summed E-state index contributed by atoms with van der Waals surface area (Å²) in [6.07, 6.45) is 0.496. The molecule has 0 aliphatic heterocycles. The lowest BCUT2D eigenvalue weighted by Crippen LogP contribution is -2.30. The van der Waals surface area contributed by atoms with Gasteiger partial charge in [0.05, 0.1) is 0 Å². The van der Waals surface area contributed by atoms with Gasteiger partial charge in [-0.3, -0.25) is 14.4 Å². The lowest BCUT2D eigenvalue weighted by atomic mass is 10.2. The van der Waals surface area contributed by atoms with Crippen molar-refractivity contribution in [2.45, 2.75) is 6.42 Å². The van der Waals surface area contributed by atoms with Crippen molar-refractivity contribution >= 4 is 11.8 Å². The van der Waals surface area contributed by atoms with Gasteiger partial charge in [-0.2, -0.15) is 5.10 Å². The minimum atomic E-state index is -0.474. The van der Waals surface area contributed by atoms with E-state index in [-0.39, 0.29) is 22.7 Å². The van der Waals surface area contributed by atoms with Crippen LogP contribution < -0.4 is 16.2 Å². The summed E-state index contributed by atoms with van der Waals surface area (Å²) in [5, 5.41) is 11.0. The summed E-state index contributed by atoms with van der Waals surface area (Å²) in [5.74, 6) is -1.27. The first kappa shape index (κ1) is 16.3. The first-order chi connectivity index (χ1) is 11.1. The smallest absolute Gasteiger partial charge is 0.271 e. The molecule has 1 aromatic heterocycles. The molecule has 1 heterocycles. The van der Waals surface area contributed by atoms with Crippen molar-refractivity contribution in [1.82, 2.24) is 20.8 Å². The van der Waals surface area contributed by atoms with Crippen LogP contribution in [0.1, 0.15) is 27.3 Å². The number of hydrogen-bond acceptors (Lipinski definition) is 4. The molecule has 7 nitrogen and oxygen atoms in total. The molecule has 2 amide bonds. The van der Waals surface area contributed by atoms with Crippen molar-refractivity contribution in [2.75, 3.05) is 13.1 Å². The van der Waals surface area contributed by atoms with Gasteiger partial charge in [-0.1, -0.05) is 6.07 Å². The van der Waals surface area contributed by atoms with E-state index in [2.05, 4.69) is 20.8 Å². The zero-order valence-corrected chi connectivity index (χ0v) is 12.1. The molecule has 0 bridgehead atoms. The molecular weight excluding hydrogens is 303 g/mol. The first-order valence-electron chi connectivity index (χ1n) is 6.94. The van der Waals surface area contributed by atoms with E-state index in [1.807, 2.05) is 0 Å². The van der Waals surface area contributed by atoms with Gasteiger partial charge in [0.2, 0.25) is 0 Å². The van der Waals surface area contributed by atoms with Crippen LogP contribution in [0.3, 0.4) is 0 Å². The van der Waals surface area contributed by atoms with Gasteiger partial charge in [0.15, 0.2) is 0 Å². The Balaban J connectivity index is 1.69. The number of hydrogen-bond donors (Lipinski definition) is 3. The molecule has 0 radical (unpaired) electrons. The number of aromatic amines is 1. The topological polar surface area (TPSA) is 104 Å². The minimum absolute atomic E-state index is 0.105. The summed E-state index contributed by atoms with van der Waals surface area (Å²) in [5.41, 5.74) is -0.0403. The molecule has 0 saturated carbocycles. The monoisotopic (exact) mass is 318 g/mol. The molecule has 23 heavy (non-hydrogen) atoms. The van der Waals surface area contributed by atoms with Crippen molar-refractivity contribution in [3.8, 4) is 0 Å². The maximum absolute atomic E-state index is 13.0. The number of carbonyl (C=O) groups excluding carboxylic acids is 2. The Morgan fingerprint density at radius 3 is 2.48 bits per heavy atom. The maximum Gasteiger partial charge on any atom is 0.271 e. The van der Waals surface area contributed by atoms with Crippen LogP contribution in [0.4, 0.5) is 4.39 Å². The van der Waals surface area contributed by atoms with Gasteiger partial charge >= 0.3 is 0 Å². The van der Waals surface area contributed by atoms with Gasteiger partial charge in [-0.15, -0.1) is 0 Å². The maximum atomic E-state index is 13.0. The number of amides is 2. The highest BCUT2D eigenvalue weighted by Gasteiger charge is 2.07. The fourth-order valence-corrected chi connectivity index (χ4v) is 1.79. The summed E-state index contributed by atoms with van der Waals surface area (Å²) >= 11 is 0. The van der Waals surface area contributed by atoms with E-state index in [0.29, 0.717) is 19.5 Å². The van der Waals surface area contributed by atoms with E-state index in [1.165, 1.54) is 30.3 Å². The number of rotatable bonds is 6. The molecule has 0 spiro atoms. The van der Waals surface area contributed by atoms with Gasteiger partial charge in [0, 0.05) is 24.7 Å². The first-order valence-corrected chi connectivity index (χ1v) is 6.94. The Bertz CT molecular complexity index is 740. The molecule has 0 unspecified atom stereocenters. The number of H-pyrrole nitrogens is 1. The Labute approximate surface area is 130 Å². The number of halogens is 1. The van der Waals surface area contributed by atoms with Crippen molar-refractivity contribution < 1.29 is 14.0 Å². The van der Waals surface area contributed by atoms with Crippen LogP contribution in [0.5, 0.6) is 0 Å². The predicted octanol–water partition coefficient (Wildman–Crippen LogP) is 0.459. The number of benzene rings is 1. The molecule has 0 atom stereocenters. The van der Waals surface area contributed by atoms with Crippen LogP contribution in [-0.2, 0) is 0 Å². The molecule has 8 heteroatoms. The Hall–Kier alpha value is -3.03. The van der Waals surface area contributed by atoms with Crippen molar-refractivity contribution in [3.63, 3.8) is 0 Å². The third kappa shape index (κ3) is 5.03. The zero-order valence-electron chi connectivity index (χ0n) is 12.1. The molecule has 0 aliphatic rings. The average molecular weight is 318 g/mol. The molecule has 2 rings (SSSR count). The molecule has 2 aromatic rings. The standard InChI is InChI=1S/C15H15FN4O3/c16-11-4-1-3-10(9-11)14(22)17-7-2-8-18-15(23)12-5-6-13(21)20-19-12/h1,3-6,9H,2,7-8H2,(H,17,22)(H,18,23)(H,20,21). The van der Waals surface area contributed by atoms with Gasteiger partial charge in [-0.25, -0.2) is 9.49 Å². The number of nitrogens with zero attached hydrogens (tertiary/aromatic N) is 1. The fourth-order valence-electron chi connectivity index (χ4n) is 1.79. The van der Waals surface area contributed by atoms with Crippen LogP contribution in [0.2, 0.25) is 0 Å². The molecule has 0 fully saturated rings. The van der Waals surface area contributed by atoms with E-state index in [0.717, 1.165) is 6.07 Å². The number of nitrogens with one attached hydrogen (secondary N) is 3. The van der Waals surface area contributed by atoms with E-state index in [1.54, 1.807) is 0 Å². The highest BCUT2D eigenvalue weighted by Crippen LogP contribution is 2.02. The van der Waals surface area contributed by atoms with Crippen LogP contribution in [-0.4, -0.2) is 35.1 Å². The van der Waals surface area contributed by atoms with Crippen molar-refractivity contribution in [2.24, 2.45) is 0 Å². The van der Waals surface area contributed by atoms with Crippen LogP contribution in [0.15, 0.2) is 41.2 Å². The van der Waals surface area contributed by atoms with E-state index >= 15 is 0 Å². The Morgan fingerprint density at radius 2 is 1.83 bits per heavy atom. The van der Waals surface area contributed by atoms with Crippen LogP contribution in [0, 0.1) is 5.82 Å². The third-order valence-electron chi connectivity index (χ3n) is 2.92. The summed E-state index contributed by atoms with van der Waals surface area (Å²) in [4.78, 5) is 34.3. The Morgan fingerprint density at radius 1 is 1.09 bits per heavy atom. The molecule has 0 aliphatic carbocycles. The Kier molecular flexibility index (Phi) is 5.56. The van der Waals surface area contributed by atoms with Crippen LogP contribution in [0.25, 0.3) is 0 Å². The molecule has 1 aromatic carbocycles. The lowest BCUT2D eigenvalue weighted by molar-refractivity contribution is 0.0947. The molecular formula is C15H15FN4O3. The van der Waals surface area contributed by atoms with Gasteiger partial charge in [0.25, 0.3) is 17.4 Å². The fraction of sp³-hybridized carbons (Fsp3) is 0.200. The third-order valence-corrected chi connectivity index (χ3v) is 2.92. The van der Waals surface area contributed by atoms with Gasteiger partial charge in [-0.05, 0) is 30.7 Å². The summed E-state index contributed by atoms with van der Waals surface area (Å²) < 4.78 is 13.0. The molecule has 120 valence electrons. The second kappa shape index (κ2) is 7.83. The summed E-state index contributed by atoms with van der Waals surface area (Å²) in [6.45, 7) is 0.651. The quantitative estimate of drug-likeness (QED) is 0.673. The number of aromatic nitrogens is 2. The van der Waals surface area contributed by atoms with E-state index in [4.69, 9.17) is 0 Å². The highest BCUT2D eigenvalue weighted by atomic mass is 19.1. The van der Waals surface area contributed by atoms with Crippen molar-refractivity contribution in [3.05, 3.63) is 63.8 Å². The van der Waals surface area contributed by atoms with Crippen molar-refractivity contribution in [1.29, 1.82) is 0 Å². The van der Waals surface area contributed by atoms with Gasteiger partial charge < -0.3 is 10.6 Å². The van der Waals surface area contributed by atoms with E-state index in [9.17, 15) is 18.8 Å². The largest absolute Gasteiger partial charge is 0.352 e. The normalized spacial score (nSPS) is 10.1. The van der Waals surface area contributed by atoms with Crippen LogP contribution >= 0.6 is 0 Å². The minimum Gasteiger partial charge on any atom is -0.352 e. The summed E-state index contributed by atoms with van der Waals surface area (Å²) in [7, 11) is 0. The SMILES string of the molecule is O=C(NCCCNC(=O)c1ccc(=O)[nH]n1)c1cccc(F)c1. The number of carbonyl (C=O) groups is 2. The van der Waals surface area contributed by atoms with Gasteiger partial charge in [0.1, 0.15) is 11.5 Å². The highest BCUT2D eigenvalue weighted by molar-refractivity contribution is 5.94. The molecule has 3 N–H and O–H groups in total. The second-order valence-electron chi connectivity index (χ2n) is 4.68.